The van der Waals surface area contributed by atoms with Crippen LogP contribution in [-0.4, -0.2) is 22.3 Å². The molecule has 0 aliphatic carbocycles. The second kappa shape index (κ2) is 10.9. The van der Waals surface area contributed by atoms with E-state index in [1.165, 1.54) is 37.8 Å². The standard InChI is InChI=1S/C25H32O5/c1-2-3-4-5-6-7-8-13-24(28)29-23-17-18-11-9-10-12-22(18)30-25(23)19-14-15-20(26)21(27)16-19/h9-12,14-16,23,25-27H,2-8,13,17H2,1H3/t23-,25+/m0/s1. The maximum Gasteiger partial charge on any atom is 0.306 e. The van der Waals surface area contributed by atoms with Crippen molar-refractivity contribution in [3.8, 4) is 17.2 Å². The monoisotopic (exact) mass is 412 g/mol. The molecule has 0 fully saturated rings. The average molecular weight is 413 g/mol. The molecule has 5 nitrogen and oxygen atoms in total. The number of para-hydroxylation sites is 1. The van der Waals surface area contributed by atoms with Crippen molar-refractivity contribution in [3.05, 3.63) is 53.6 Å². The zero-order valence-corrected chi connectivity index (χ0v) is 17.7. The molecule has 1 heterocycles. The molecule has 2 aromatic rings. The highest BCUT2D eigenvalue weighted by Gasteiger charge is 2.34. The fourth-order valence-corrected chi connectivity index (χ4v) is 3.88. The van der Waals surface area contributed by atoms with Crippen LogP contribution >= 0.6 is 0 Å². The Bertz CT molecular complexity index is 832. The average Bonchev–Trinajstić information content (AvgIpc) is 2.74. The third kappa shape index (κ3) is 5.91. The molecule has 0 unspecified atom stereocenters. The highest BCUT2D eigenvalue weighted by Crippen LogP contribution is 2.39. The summed E-state index contributed by atoms with van der Waals surface area (Å²) in [5.74, 6) is 0.115. The molecule has 30 heavy (non-hydrogen) atoms. The molecular formula is C25H32O5. The molecular weight excluding hydrogens is 380 g/mol. The van der Waals surface area contributed by atoms with Gasteiger partial charge in [-0.25, -0.2) is 0 Å². The minimum absolute atomic E-state index is 0.192. The van der Waals surface area contributed by atoms with E-state index in [2.05, 4.69) is 6.92 Å². The summed E-state index contributed by atoms with van der Waals surface area (Å²) in [5.41, 5.74) is 1.65. The number of phenols is 2. The quantitative estimate of drug-likeness (QED) is 0.292. The second-order valence-corrected chi connectivity index (χ2v) is 8.00. The van der Waals surface area contributed by atoms with E-state index in [0.29, 0.717) is 18.4 Å². The van der Waals surface area contributed by atoms with Crippen molar-refractivity contribution >= 4 is 5.97 Å². The third-order valence-corrected chi connectivity index (χ3v) is 5.58. The van der Waals surface area contributed by atoms with Gasteiger partial charge in [0.25, 0.3) is 0 Å². The Hall–Kier alpha value is -2.69. The van der Waals surface area contributed by atoms with Gasteiger partial charge in [-0.15, -0.1) is 0 Å². The van der Waals surface area contributed by atoms with Crippen molar-refractivity contribution in [2.45, 2.75) is 76.9 Å². The molecule has 5 heteroatoms. The Morgan fingerprint density at radius 1 is 1.00 bits per heavy atom. The first-order valence-electron chi connectivity index (χ1n) is 11.0. The molecule has 0 saturated heterocycles. The number of phenolic OH excluding ortho intramolecular Hbond substituents is 2. The van der Waals surface area contributed by atoms with Crippen molar-refractivity contribution < 1.29 is 24.5 Å². The van der Waals surface area contributed by atoms with Gasteiger partial charge in [0.1, 0.15) is 11.9 Å². The summed E-state index contributed by atoms with van der Waals surface area (Å²) < 4.78 is 12.0. The van der Waals surface area contributed by atoms with Crippen LogP contribution in [0.15, 0.2) is 42.5 Å². The molecule has 2 N–H and O–H groups in total. The minimum atomic E-state index is -0.538. The van der Waals surface area contributed by atoms with Crippen LogP contribution in [0.4, 0.5) is 0 Å². The fourth-order valence-electron chi connectivity index (χ4n) is 3.88. The van der Waals surface area contributed by atoms with Crippen LogP contribution in [0.3, 0.4) is 0 Å². The molecule has 162 valence electrons. The molecule has 0 bridgehead atoms. The first kappa shape index (κ1) is 22.0. The smallest absolute Gasteiger partial charge is 0.306 e. The first-order chi connectivity index (χ1) is 14.6. The number of hydrogen-bond donors (Lipinski definition) is 2. The maximum atomic E-state index is 12.5. The summed E-state index contributed by atoms with van der Waals surface area (Å²) in [6.07, 6.45) is 7.96. The van der Waals surface area contributed by atoms with Gasteiger partial charge in [-0.1, -0.05) is 69.7 Å². The molecule has 2 aromatic carbocycles. The lowest BCUT2D eigenvalue weighted by Gasteiger charge is -2.33. The summed E-state index contributed by atoms with van der Waals surface area (Å²) >= 11 is 0. The summed E-state index contributed by atoms with van der Waals surface area (Å²) in [6, 6.07) is 12.3. The number of esters is 1. The van der Waals surface area contributed by atoms with E-state index in [1.54, 1.807) is 6.07 Å². The zero-order valence-electron chi connectivity index (χ0n) is 17.7. The Kier molecular flexibility index (Phi) is 8.00. The van der Waals surface area contributed by atoms with E-state index in [0.717, 1.165) is 30.6 Å². The van der Waals surface area contributed by atoms with Crippen LogP contribution in [0, 0.1) is 0 Å². The van der Waals surface area contributed by atoms with Crippen molar-refractivity contribution in [2.75, 3.05) is 0 Å². The van der Waals surface area contributed by atoms with E-state index in [1.807, 2.05) is 24.3 Å². The Labute approximate surface area is 178 Å². The van der Waals surface area contributed by atoms with E-state index >= 15 is 0 Å². The van der Waals surface area contributed by atoms with Crippen molar-refractivity contribution in [2.24, 2.45) is 0 Å². The normalized spacial score (nSPS) is 17.8. The Balaban J connectivity index is 1.61. The lowest BCUT2D eigenvalue weighted by atomic mass is 9.94. The first-order valence-corrected chi connectivity index (χ1v) is 11.0. The maximum absolute atomic E-state index is 12.5. The molecule has 3 rings (SSSR count). The number of aromatic hydroxyl groups is 2. The second-order valence-electron chi connectivity index (χ2n) is 8.00. The Morgan fingerprint density at radius 2 is 1.73 bits per heavy atom. The molecule has 0 radical (unpaired) electrons. The number of benzene rings is 2. The van der Waals surface area contributed by atoms with E-state index in [4.69, 9.17) is 9.47 Å². The van der Waals surface area contributed by atoms with Gasteiger partial charge in [-0.3, -0.25) is 4.79 Å². The van der Waals surface area contributed by atoms with Crippen molar-refractivity contribution in [3.63, 3.8) is 0 Å². The number of ether oxygens (including phenoxy) is 2. The van der Waals surface area contributed by atoms with Crippen molar-refractivity contribution in [1.29, 1.82) is 0 Å². The van der Waals surface area contributed by atoms with Gasteiger partial charge in [0.2, 0.25) is 0 Å². The molecule has 0 amide bonds. The van der Waals surface area contributed by atoms with Crippen LogP contribution in [0.1, 0.15) is 75.5 Å². The number of unbranched alkanes of at least 4 members (excludes halogenated alkanes) is 6. The van der Waals surface area contributed by atoms with Crippen LogP contribution in [0.2, 0.25) is 0 Å². The molecule has 0 spiro atoms. The Morgan fingerprint density at radius 3 is 2.50 bits per heavy atom. The number of carbonyl (C=O) groups is 1. The summed E-state index contributed by atoms with van der Waals surface area (Å²) in [5, 5.41) is 19.5. The van der Waals surface area contributed by atoms with Gasteiger partial charge in [0.15, 0.2) is 17.6 Å². The van der Waals surface area contributed by atoms with Gasteiger partial charge < -0.3 is 19.7 Å². The van der Waals surface area contributed by atoms with Crippen LogP contribution in [0.25, 0.3) is 0 Å². The summed E-state index contributed by atoms with van der Waals surface area (Å²) in [4.78, 5) is 12.5. The topological polar surface area (TPSA) is 76.0 Å². The molecule has 1 aliphatic heterocycles. The molecule has 0 saturated carbocycles. The lowest BCUT2D eigenvalue weighted by Crippen LogP contribution is -2.34. The predicted octanol–water partition coefficient (Wildman–Crippen LogP) is 5.83. The lowest BCUT2D eigenvalue weighted by molar-refractivity contribution is -0.155. The summed E-state index contributed by atoms with van der Waals surface area (Å²) in [7, 11) is 0. The van der Waals surface area contributed by atoms with Gasteiger partial charge in [-0.2, -0.15) is 0 Å². The van der Waals surface area contributed by atoms with Crippen LogP contribution < -0.4 is 4.74 Å². The molecule has 0 aromatic heterocycles. The van der Waals surface area contributed by atoms with E-state index in [-0.39, 0.29) is 17.5 Å². The number of fused-ring (bicyclic) bond motifs is 1. The van der Waals surface area contributed by atoms with Gasteiger partial charge >= 0.3 is 5.97 Å². The fraction of sp³-hybridized carbons (Fsp3) is 0.480. The van der Waals surface area contributed by atoms with Crippen LogP contribution in [-0.2, 0) is 16.0 Å². The largest absolute Gasteiger partial charge is 0.504 e. The zero-order chi connectivity index (χ0) is 21.3. The summed E-state index contributed by atoms with van der Waals surface area (Å²) in [6.45, 7) is 2.20. The van der Waals surface area contributed by atoms with Gasteiger partial charge in [0, 0.05) is 18.4 Å². The van der Waals surface area contributed by atoms with Gasteiger partial charge in [0.05, 0.1) is 0 Å². The molecule has 1 aliphatic rings. The van der Waals surface area contributed by atoms with Crippen LogP contribution in [0.5, 0.6) is 17.2 Å². The number of carbonyl (C=O) groups excluding carboxylic acids is 1. The van der Waals surface area contributed by atoms with Gasteiger partial charge in [-0.05, 0) is 30.2 Å². The van der Waals surface area contributed by atoms with E-state index in [9.17, 15) is 15.0 Å². The minimum Gasteiger partial charge on any atom is -0.504 e. The molecule has 2 atom stereocenters. The highest BCUT2D eigenvalue weighted by molar-refractivity contribution is 5.69. The van der Waals surface area contributed by atoms with E-state index < -0.39 is 12.2 Å². The number of hydrogen-bond acceptors (Lipinski definition) is 5. The SMILES string of the molecule is CCCCCCCCCC(=O)O[C@H]1Cc2ccccc2O[C@@H]1c1ccc(O)c(O)c1. The highest BCUT2D eigenvalue weighted by atomic mass is 16.6. The predicted molar refractivity (Wildman–Crippen MR) is 116 cm³/mol. The number of rotatable bonds is 10. The van der Waals surface area contributed by atoms with Crippen molar-refractivity contribution in [1.82, 2.24) is 0 Å². The third-order valence-electron chi connectivity index (χ3n) is 5.58.